The molecule has 0 aromatic rings. The third kappa shape index (κ3) is 5.16. The van der Waals surface area contributed by atoms with E-state index >= 15 is 0 Å². The number of hydrogen-bond acceptors (Lipinski definition) is 7. The number of hydrogen-bond donors (Lipinski definition) is 1. The third-order valence-electron chi connectivity index (χ3n) is 13.1. The number of ether oxygens (including phenoxy) is 3. The van der Waals surface area contributed by atoms with E-state index in [-0.39, 0.29) is 64.3 Å². The van der Waals surface area contributed by atoms with Crippen LogP contribution >= 0.6 is 11.6 Å². The zero-order valence-electron chi connectivity index (χ0n) is 27.9. The van der Waals surface area contributed by atoms with Crippen LogP contribution in [0.25, 0.3) is 0 Å². The quantitative estimate of drug-likeness (QED) is 0.259. The molecule has 6 aliphatic rings. The Hall–Kier alpha value is -2.35. The van der Waals surface area contributed by atoms with Crippen LogP contribution in [0, 0.1) is 51.8 Å². The Morgan fingerprint density at radius 1 is 1.16 bits per heavy atom. The number of nitrogens with one attached hydrogen (secondary N) is 1. The van der Waals surface area contributed by atoms with Crippen molar-refractivity contribution in [2.75, 3.05) is 13.2 Å². The number of carbonyl (C=O) groups is 4. The Kier molecular flexibility index (Phi) is 8.06. The van der Waals surface area contributed by atoms with Crippen LogP contribution in [0.15, 0.2) is 23.5 Å². The van der Waals surface area contributed by atoms with Crippen LogP contribution in [-0.2, 0) is 33.4 Å². The van der Waals surface area contributed by atoms with Crippen LogP contribution in [0.1, 0.15) is 93.4 Å². The molecule has 6 rings (SSSR count). The van der Waals surface area contributed by atoms with Gasteiger partial charge in [0.1, 0.15) is 16.7 Å². The van der Waals surface area contributed by atoms with Gasteiger partial charge in [0.15, 0.2) is 11.9 Å². The zero-order valence-corrected chi connectivity index (χ0v) is 28.6. The summed E-state index contributed by atoms with van der Waals surface area (Å²) in [7, 11) is 0. The highest BCUT2D eigenvalue weighted by atomic mass is 35.5. The third-order valence-corrected chi connectivity index (χ3v) is 13.2. The molecule has 0 aromatic carbocycles. The normalized spacial score (nSPS) is 41.1. The number of ketones is 1. The molecule has 2 spiro atoms. The minimum absolute atomic E-state index is 0.0198. The predicted molar refractivity (Wildman–Crippen MR) is 169 cm³/mol. The fourth-order valence-electron chi connectivity index (χ4n) is 11.1. The average Bonchev–Trinajstić information content (AvgIpc) is 3.34. The Labute approximate surface area is 272 Å². The molecule has 8 nitrogen and oxygen atoms in total. The van der Waals surface area contributed by atoms with E-state index in [4.69, 9.17) is 25.8 Å². The first-order chi connectivity index (χ1) is 21.0. The summed E-state index contributed by atoms with van der Waals surface area (Å²) in [5.41, 5.74) is 1.12. The highest BCUT2D eigenvalue weighted by Gasteiger charge is 2.78. The van der Waals surface area contributed by atoms with Gasteiger partial charge in [-0.1, -0.05) is 26.8 Å². The molecule has 0 bridgehead atoms. The molecule has 1 aliphatic heterocycles. The number of fused-ring (bicyclic) bond motifs is 2. The number of rotatable bonds is 8. The second kappa shape index (κ2) is 11.1. The molecule has 0 aromatic heterocycles. The SMILES string of the molecule is CC(=O)O[C@H]1CC2C3CCC4CC(=O)C=C[C@@]45C[C@@]35CC[C@]2(C)[C@H]1[C@H](C)[C@@H](OC(C)=O)C1=C(CNC(=O)C(C)(C)Cl)C(C)CO1. The van der Waals surface area contributed by atoms with E-state index in [0.717, 1.165) is 44.1 Å². The van der Waals surface area contributed by atoms with Crippen LogP contribution in [-0.4, -0.2) is 53.9 Å². The van der Waals surface area contributed by atoms with Gasteiger partial charge in [-0.3, -0.25) is 19.2 Å². The minimum atomic E-state index is -1.06. The van der Waals surface area contributed by atoms with Gasteiger partial charge in [0.05, 0.1) is 6.61 Å². The summed E-state index contributed by atoms with van der Waals surface area (Å²) >= 11 is 6.26. The molecular weight excluding hydrogens is 594 g/mol. The fraction of sp³-hybridized carbons (Fsp3) is 0.778. The van der Waals surface area contributed by atoms with Crippen LogP contribution in [0.4, 0.5) is 0 Å². The molecule has 11 atom stereocenters. The van der Waals surface area contributed by atoms with Gasteiger partial charge in [-0.2, -0.15) is 0 Å². The Bertz CT molecular complexity index is 1350. The minimum Gasteiger partial charge on any atom is -0.493 e. The Balaban J connectivity index is 1.34. The van der Waals surface area contributed by atoms with E-state index in [0.29, 0.717) is 36.5 Å². The van der Waals surface area contributed by atoms with Crippen molar-refractivity contribution in [1.82, 2.24) is 5.32 Å². The van der Waals surface area contributed by atoms with Crippen LogP contribution in [0.3, 0.4) is 0 Å². The highest BCUT2D eigenvalue weighted by molar-refractivity contribution is 6.34. The maximum absolute atomic E-state index is 12.7. The van der Waals surface area contributed by atoms with Crippen molar-refractivity contribution in [1.29, 1.82) is 0 Å². The van der Waals surface area contributed by atoms with Gasteiger partial charge in [-0.05, 0) is 98.0 Å². The van der Waals surface area contributed by atoms with Gasteiger partial charge in [-0.25, -0.2) is 0 Å². The topological polar surface area (TPSA) is 108 Å². The zero-order chi connectivity index (χ0) is 32.7. The maximum Gasteiger partial charge on any atom is 0.303 e. The van der Waals surface area contributed by atoms with Crippen molar-refractivity contribution in [3.8, 4) is 0 Å². The van der Waals surface area contributed by atoms with Gasteiger partial charge in [0.25, 0.3) is 0 Å². The van der Waals surface area contributed by atoms with E-state index in [1.54, 1.807) is 13.8 Å². The molecule has 9 heteroatoms. The fourth-order valence-corrected chi connectivity index (χ4v) is 11.2. The van der Waals surface area contributed by atoms with Crippen molar-refractivity contribution in [2.24, 2.45) is 51.8 Å². The second-order valence-corrected chi connectivity index (χ2v) is 16.9. The lowest BCUT2D eigenvalue weighted by molar-refractivity contribution is -0.159. The number of allylic oxidation sites excluding steroid dienone is 2. The van der Waals surface area contributed by atoms with Crippen molar-refractivity contribution in [3.05, 3.63) is 23.5 Å². The van der Waals surface area contributed by atoms with Gasteiger partial charge in [0.2, 0.25) is 5.91 Å². The van der Waals surface area contributed by atoms with Crippen molar-refractivity contribution in [3.63, 3.8) is 0 Å². The number of carbonyl (C=O) groups excluding carboxylic acids is 4. The molecule has 45 heavy (non-hydrogen) atoms. The summed E-state index contributed by atoms with van der Waals surface area (Å²) < 4.78 is 18.6. The van der Waals surface area contributed by atoms with E-state index in [2.05, 4.69) is 25.2 Å². The molecule has 0 saturated heterocycles. The summed E-state index contributed by atoms with van der Waals surface area (Å²) in [6, 6.07) is 0. The summed E-state index contributed by atoms with van der Waals surface area (Å²) in [5.74, 6) is 0.915. The summed E-state index contributed by atoms with van der Waals surface area (Å²) in [5, 5.41) is 2.95. The molecule has 248 valence electrons. The van der Waals surface area contributed by atoms with Crippen molar-refractivity contribution in [2.45, 2.75) is 110 Å². The van der Waals surface area contributed by atoms with Gasteiger partial charge >= 0.3 is 11.9 Å². The summed E-state index contributed by atoms with van der Waals surface area (Å²) in [6.45, 7) is 13.4. The summed E-state index contributed by atoms with van der Waals surface area (Å²) in [4.78, 5) is 49.1. The van der Waals surface area contributed by atoms with E-state index in [1.165, 1.54) is 13.8 Å². The molecule has 4 fully saturated rings. The molecule has 1 amide bonds. The first-order valence-electron chi connectivity index (χ1n) is 16.9. The van der Waals surface area contributed by atoms with E-state index in [1.807, 2.05) is 13.0 Å². The molecule has 1 heterocycles. The standard InChI is InChI=1S/C36H50ClNO7/c1-19-17-43-31(25(19)16-38-32(42)33(5,6)37)30(45-22(4)40)20(2)29-28(44-21(3)39)15-27-26-9-8-23-14-24(41)10-11-35(23)18-36(26,35)13-12-34(27,29)7/h10-11,19-20,23,26-30H,8-9,12-18H2,1-7H3,(H,38,42)/t19?,20-,23?,26?,27?,28-,29-,30+,34-,35+,36-/m0/s1. The molecule has 5 aliphatic carbocycles. The highest BCUT2D eigenvalue weighted by Crippen LogP contribution is 2.84. The maximum atomic E-state index is 12.7. The van der Waals surface area contributed by atoms with E-state index in [9.17, 15) is 19.2 Å². The monoisotopic (exact) mass is 643 g/mol. The van der Waals surface area contributed by atoms with Gasteiger partial charge in [0, 0.05) is 44.6 Å². The largest absolute Gasteiger partial charge is 0.493 e. The van der Waals surface area contributed by atoms with Crippen LogP contribution in [0.5, 0.6) is 0 Å². The lowest BCUT2D eigenvalue weighted by Crippen LogP contribution is -2.50. The number of amides is 1. The first kappa shape index (κ1) is 32.6. The Morgan fingerprint density at radius 3 is 2.56 bits per heavy atom. The van der Waals surface area contributed by atoms with Crippen molar-refractivity contribution < 1.29 is 33.4 Å². The smallest absolute Gasteiger partial charge is 0.303 e. The average molecular weight is 644 g/mol. The Morgan fingerprint density at radius 2 is 1.89 bits per heavy atom. The molecule has 0 radical (unpaired) electrons. The number of alkyl halides is 1. The van der Waals surface area contributed by atoms with E-state index < -0.39 is 16.9 Å². The predicted octanol–water partition coefficient (Wildman–Crippen LogP) is 5.91. The second-order valence-electron chi connectivity index (χ2n) is 15.9. The van der Waals surface area contributed by atoms with Crippen molar-refractivity contribution >= 4 is 35.2 Å². The molecule has 4 unspecified atom stereocenters. The summed E-state index contributed by atoms with van der Waals surface area (Å²) in [6.07, 6.45) is 9.99. The number of esters is 2. The first-order valence-corrected chi connectivity index (χ1v) is 17.3. The molecule has 4 saturated carbocycles. The number of halogens is 1. The van der Waals surface area contributed by atoms with Gasteiger partial charge < -0.3 is 19.5 Å². The van der Waals surface area contributed by atoms with Crippen LogP contribution in [0.2, 0.25) is 0 Å². The van der Waals surface area contributed by atoms with Crippen LogP contribution < -0.4 is 5.32 Å². The lowest BCUT2D eigenvalue weighted by atomic mass is 9.49. The molecular formula is C36H50ClNO7. The molecule has 1 N–H and O–H groups in total. The lowest BCUT2D eigenvalue weighted by Gasteiger charge is -2.55. The van der Waals surface area contributed by atoms with Gasteiger partial charge in [-0.15, -0.1) is 11.6 Å².